The number of ether oxygens (including phenoxy) is 1. The fraction of sp³-hybridized carbons (Fsp3) is 0.0870. The second-order valence-electron chi connectivity index (χ2n) is 6.58. The number of rotatable bonds is 6. The molecule has 4 nitrogen and oxygen atoms in total. The molecule has 0 saturated heterocycles. The van der Waals surface area contributed by atoms with Gasteiger partial charge in [-0.25, -0.2) is 0 Å². The van der Waals surface area contributed by atoms with Crippen molar-refractivity contribution < 1.29 is 14.6 Å². The van der Waals surface area contributed by atoms with Crippen molar-refractivity contribution in [2.45, 2.75) is 13.0 Å². The van der Waals surface area contributed by atoms with Crippen LogP contribution in [0.5, 0.6) is 11.5 Å². The molecule has 0 unspecified atom stereocenters. The summed E-state index contributed by atoms with van der Waals surface area (Å²) in [6.07, 6.45) is 1.92. The maximum atomic E-state index is 11.2. The van der Waals surface area contributed by atoms with Crippen LogP contribution in [0.1, 0.15) is 11.1 Å². The van der Waals surface area contributed by atoms with Crippen LogP contribution in [0.15, 0.2) is 83.5 Å². The number of carboxylic acid groups (broad SMARTS) is 1. The Morgan fingerprint density at radius 1 is 0.964 bits per heavy atom. The number of hydrogen-bond acceptors (Lipinski definition) is 2. The third kappa shape index (κ3) is 4.10. The largest absolute Gasteiger partial charge is 0.481 e. The molecule has 0 aliphatic heterocycles. The van der Waals surface area contributed by atoms with E-state index in [1.165, 1.54) is 0 Å². The number of carbonyl (C=O) groups is 1. The summed E-state index contributed by atoms with van der Waals surface area (Å²) in [7, 11) is 0. The molecule has 0 saturated carbocycles. The van der Waals surface area contributed by atoms with Gasteiger partial charge in [0.1, 0.15) is 11.5 Å². The van der Waals surface area contributed by atoms with Crippen molar-refractivity contribution in [2.75, 3.05) is 0 Å². The van der Waals surface area contributed by atoms with Crippen LogP contribution in [0.4, 0.5) is 0 Å². The molecule has 140 valence electrons. The van der Waals surface area contributed by atoms with E-state index >= 15 is 0 Å². The molecule has 5 heteroatoms. The van der Waals surface area contributed by atoms with E-state index in [0.29, 0.717) is 6.54 Å². The van der Waals surface area contributed by atoms with Crippen LogP contribution < -0.4 is 4.74 Å². The van der Waals surface area contributed by atoms with E-state index in [4.69, 9.17) is 4.74 Å². The lowest BCUT2D eigenvalue weighted by atomic mass is 10.1. The third-order valence-electron chi connectivity index (χ3n) is 4.50. The maximum Gasteiger partial charge on any atom is 0.307 e. The molecule has 1 N–H and O–H groups in total. The molecule has 1 aromatic heterocycles. The van der Waals surface area contributed by atoms with Crippen LogP contribution in [-0.2, 0) is 17.8 Å². The highest BCUT2D eigenvalue weighted by Crippen LogP contribution is 2.28. The van der Waals surface area contributed by atoms with Gasteiger partial charge in [-0.05, 0) is 53.6 Å². The van der Waals surface area contributed by atoms with Gasteiger partial charge in [0.2, 0.25) is 0 Å². The van der Waals surface area contributed by atoms with Crippen molar-refractivity contribution >= 4 is 32.8 Å². The van der Waals surface area contributed by atoms with Gasteiger partial charge in [0.15, 0.2) is 0 Å². The highest BCUT2D eigenvalue weighted by atomic mass is 79.9. The standard InChI is InChI=1S/C23H18BrNO3/c24-18-9-10-22-21(13-18)17(12-23(26)27)15-25(22)14-16-5-4-8-20(11-16)28-19-6-2-1-3-7-19/h1-11,13,15H,12,14H2,(H,26,27). The molecule has 4 aromatic rings. The Morgan fingerprint density at radius 3 is 2.54 bits per heavy atom. The van der Waals surface area contributed by atoms with E-state index in [0.717, 1.165) is 38.0 Å². The van der Waals surface area contributed by atoms with Crippen molar-refractivity contribution in [3.63, 3.8) is 0 Å². The molecule has 0 atom stereocenters. The Hall–Kier alpha value is -3.05. The molecule has 3 aromatic carbocycles. The van der Waals surface area contributed by atoms with E-state index in [1.807, 2.05) is 79.0 Å². The third-order valence-corrected chi connectivity index (χ3v) is 4.99. The molecule has 0 aliphatic rings. The van der Waals surface area contributed by atoms with Crippen LogP contribution >= 0.6 is 15.9 Å². The number of aliphatic carboxylic acids is 1. The van der Waals surface area contributed by atoms with Crippen LogP contribution in [0, 0.1) is 0 Å². The molecule has 28 heavy (non-hydrogen) atoms. The molecule has 0 bridgehead atoms. The Bertz CT molecular complexity index is 1140. The van der Waals surface area contributed by atoms with Gasteiger partial charge in [-0.1, -0.05) is 46.3 Å². The average Bonchev–Trinajstić information content (AvgIpc) is 2.98. The first-order valence-corrected chi connectivity index (χ1v) is 9.69. The molecule has 1 heterocycles. The Morgan fingerprint density at radius 2 is 1.75 bits per heavy atom. The highest BCUT2D eigenvalue weighted by Gasteiger charge is 2.12. The minimum absolute atomic E-state index is 0.00287. The lowest BCUT2D eigenvalue weighted by Gasteiger charge is -2.09. The van der Waals surface area contributed by atoms with Gasteiger partial charge < -0.3 is 14.4 Å². The molecule has 0 fully saturated rings. The van der Waals surface area contributed by atoms with Crippen LogP contribution in [0.3, 0.4) is 0 Å². The summed E-state index contributed by atoms with van der Waals surface area (Å²) in [5.41, 5.74) is 2.89. The predicted molar refractivity (Wildman–Crippen MR) is 113 cm³/mol. The number of fused-ring (bicyclic) bond motifs is 1. The summed E-state index contributed by atoms with van der Waals surface area (Å²) in [5, 5.41) is 10.2. The smallest absolute Gasteiger partial charge is 0.307 e. The number of aromatic nitrogens is 1. The fourth-order valence-corrected chi connectivity index (χ4v) is 3.67. The van der Waals surface area contributed by atoms with Gasteiger partial charge in [-0.15, -0.1) is 0 Å². The van der Waals surface area contributed by atoms with E-state index in [9.17, 15) is 9.90 Å². The molecule has 0 amide bonds. The SMILES string of the molecule is O=C(O)Cc1cn(Cc2cccc(Oc3ccccc3)c2)c2ccc(Br)cc12. The summed E-state index contributed by atoms with van der Waals surface area (Å²) in [4.78, 5) is 11.2. The monoisotopic (exact) mass is 435 g/mol. The molecule has 0 radical (unpaired) electrons. The lowest BCUT2D eigenvalue weighted by Crippen LogP contribution is -2.00. The Kier molecular flexibility index (Phi) is 5.17. The molecular formula is C23H18BrNO3. The number of carboxylic acids is 1. The zero-order valence-corrected chi connectivity index (χ0v) is 16.6. The quantitative estimate of drug-likeness (QED) is 0.411. The van der Waals surface area contributed by atoms with E-state index in [-0.39, 0.29) is 6.42 Å². The predicted octanol–water partition coefficient (Wildman–Crippen LogP) is 5.87. The van der Waals surface area contributed by atoms with Crippen molar-refractivity contribution in [2.24, 2.45) is 0 Å². The summed E-state index contributed by atoms with van der Waals surface area (Å²) >= 11 is 3.48. The normalized spacial score (nSPS) is 10.9. The van der Waals surface area contributed by atoms with E-state index in [1.54, 1.807) is 0 Å². The van der Waals surface area contributed by atoms with Gasteiger partial charge in [0, 0.05) is 28.1 Å². The first-order chi connectivity index (χ1) is 13.6. The second kappa shape index (κ2) is 7.90. The second-order valence-corrected chi connectivity index (χ2v) is 7.49. The zero-order chi connectivity index (χ0) is 19.5. The van der Waals surface area contributed by atoms with Gasteiger partial charge in [0.25, 0.3) is 0 Å². The average molecular weight is 436 g/mol. The van der Waals surface area contributed by atoms with Crippen LogP contribution in [0.2, 0.25) is 0 Å². The van der Waals surface area contributed by atoms with Crippen molar-refractivity contribution in [3.8, 4) is 11.5 Å². The number of hydrogen-bond donors (Lipinski definition) is 1. The summed E-state index contributed by atoms with van der Waals surface area (Å²) in [6.45, 7) is 0.629. The topological polar surface area (TPSA) is 51.5 Å². The van der Waals surface area contributed by atoms with Crippen molar-refractivity contribution in [3.05, 3.63) is 94.6 Å². The minimum atomic E-state index is -0.836. The highest BCUT2D eigenvalue weighted by molar-refractivity contribution is 9.10. The van der Waals surface area contributed by atoms with E-state index < -0.39 is 5.97 Å². The van der Waals surface area contributed by atoms with Crippen LogP contribution in [-0.4, -0.2) is 15.6 Å². The number of para-hydroxylation sites is 1. The molecule has 0 spiro atoms. The van der Waals surface area contributed by atoms with Gasteiger partial charge in [-0.3, -0.25) is 4.79 Å². The van der Waals surface area contributed by atoms with Gasteiger partial charge >= 0.3 is 5.97 Å². The van der Waals surface area contributed by atoms with Crippen molar-refractivity contribution in [1.82, 2.24) is 4.57 Å². The van der Waals surface area contributed by atoms with E-state index in [2.05, 4.69) is 20.5 Å². The minimum Gasteiger partial charge on any atom is -0.481 e. The Balaban J connectivity index is 1.65. The fourth-order valence-electron chi connectivity index (χ4n) is 3.31. The maximum absolute atomic E-state index is 11.2. The summed E-state index contributed by atoms with van der Waals surface area (Å²) < 4.78 is 8.94. The molecular weight excluding hydrogens is 418 g/mol. The van der Waals surface area contributed by atoms with Gasteiger partial charge in [-0.2, -0.15) is 0 Å². The number of benzene rings is 3. The van der Waals surface area contributed by atoms with Crippen molar-refractivity contribution in [1.29, 1.82) is 0 Å². The van der Waals surface area contributed by atoms with Gasteiger partial charge in [0.05, 0.1) is 6.42 Å². The first-order valence-electron chi connectivity index (χ1n) is 8.89. The number of halogens is 1. The zero-order valence-electron chi connectivity index (χ0n) is 15.0. The summed E-state index contributed by atoms with van der Waals surface area (Å²) in [6, 6.07) is 23.6. The Labute approximate surface area is 171 Å². The first kappa shape index (κ1) is 18.3. The summed E-state index contributed by atoms with van der Waals surface area (Å²) in [5.74, 6) is 0.727. The molecule has 0 aliphatic carbocycles. The molecule has 4 rings (SSSR count). The van der Waals surface area contributed by atoms with Crippen LogP contribution in [0.25, 0.3) is 10.9 Å². The number of nitrogens with zero attached hydrogens (tertiary/aromatic N) is 1. The lowest BCUT2D eigenvalue weighted by molar-refractivity contribution is -0.136.